The van der Waals surface area contributed by atoms with Crippen LogP contribution in [0.3, 0.4) is 0 Å². The van der Waals surface area contributed by atoms with E-state index in [0.717, 1.165) is 23.7 Å². The smallest absolute Gasteiger partial charge is 0.492 e. The molecule has 0 saturated carbocycles. The number of aldehydes is 1. The van der Waals surface area contributed by atoms with E-state index in [1.165, 1.54) is 0 Å². The van der Waals surface area contributed by atoms with Gasteiger partial charge in [0.2, 0.25) is 0 Å². The Hall–Kier alpha value is -1.33. The molecule has 5 heteroatoms. The summed E-state index contributed by atoms with van der Waals surface area (Å²) in [4.78, 5) is 11.2. The van der Waals surface area contributed by atoms with E-state index in [-0.39, 0.29) is 11.2 Å². The van der Waals surface area contributed by atoms with Crippen LogP contribution in [0.15, 0.2) is 12.1 Å². The van der Waals surface area contributed by atoms with E-state index >= 15 is 0 Å². The summed E-state index contributed by atoms with van der Waals surface area (Å²) in [6.07, 6.45) is 1.66. The average Bonchev–Trinajstić information content (AvgIpc) is 2.91. The lowest BCUT2D eigenvalue weighted by Crippen LogP contribution is -2.41. The van der Waals surface area contributed by atoms with Gasteiger partial charge >= 0.3 is 7.12 Å². The summed E-state index contributed by atoms with van der Waals surface area (Å²) in [5.74, 6) is 0.709. The van der Waals surface area contributed by atoms with Crippen LogP contribution in [0.25, 0.3) is 0 Å². The van der Waals surface area contributed by atoms with Gasteiger partial charge in [-0.1, -0.05) is 6.07 Å². The molecule has 4 nitrogen and oxygen atoms in total. The van der Waals surface area contributed by atoms with Crippen LogP contribution in [0.5, 0.6) is 5.75 Å². The highest BCUT2D eigenvalue weighted by Gasteiger charge is 2.51. The fourth-order valence-electron chi connectivity index (χ4n) is 2.57. The van der Waals surface area contributed by atoms with E-state index in [1.807, 2.05) is 33.8 Å². The highest BCUT2D eigenvalue weighted by Crippen LogP contribution is 2.37. The number of benzene rings is 1. The molecule has 0 spiro atoms. The molecular weight excluding hydrogens is 255 g/mol. The maximum Gasteiger partial charge on any atom is 0.494 e. The number of carbonyl (C=O) groups excluding carboxylic acids is 1. The predicted molar refractivity (Wildman–Crippen MR) is 76.7 cm³/mol. The van der Waals surface area contributed by atoms with Crippen molar-refractivity contribution >= 4 is 18.9 Å². The first-order valence-electron chi connectivity index (χ1n) is 6.94. The summed E-state index contributed by atoms with van der Waals surface area (Å²) in [7, 11) is -0.440. The fourth-order valence-corrected chi connectivity index (χ4v) is 2.57. The number of fused-ring (bicyclic) bond motifs is 1. The highest BCUT2D eigenvalue weighted by molar-refractivity contribution is 6.62. The zero-order valence-corrected chi connectivity index (χ0v) is 12.4. The molecule has 0 N–H and O–H groups in total. The molecule has 1 aromatic rings. The standard InChI is InChI=1S/C15H19BO4/c1-14(2)15(3,4)20-16(19-14)12-7-10-5-6-18-13(10)11(8-12)9-17/h7-9H,5-6H2,1-4H3. The maximum absolute atomic E-state index is 11.2. The zero-order chi connectivity index (χ0) is 14.5. The molecule has 2 aliphatic heterocycles. The van der Waals surface area contributed by atoms with Crippen molar-refractivity contribution in [1.82, 2.24) is 0 Å². The van der Waals surface area contributed by atoms with Gasteiger partial charge in [-0.25, -0.2) is 0 Å². The fraction of sp³-hybridized carbons (Fsp3) is 0.533. The Morgan fingerprint density at radius 3 is 2.40 bits per heavy atom. The van der Waals surface area contributed by atoms with Crippen molar-refractivity contribution in [3.63, 3.8) is 0 Å². The minimum atomic E-state index is -0.440. The first kappa shape index (κ1) is 13.6. The van der Waals surface area contributed by atoms with Crippen LogP contribution in [0.2, 0.25) is 0 Å². The Balaban J connectivity index is 1.99. The summed E-state index contributed by atoms with van der Waals surface area (Å²) in [6, 6.07) is 3.83. The van der Waals surface area contributed by atoms with Gasteiger partial charge in [-0.15, -0.1) is 0 Å². The monoisotopic (exact) mass is 274 g/mol. The van der Waals surface area contributed by atoms with Gasteiger partial charge in [0.05, 0.1) is 23.4 Å². The van der Waals surface area contributed by atoms with Gasteiger partial charge in [0.25, 0.3) is 0 Å². The van der Waals surface area contributed by atoms with E-state index in [0.29, 0.717) is 17.9 Å². The molecule has 1 saturated heterocycles. The molecule has 20 heavy (non-hydrogen) atoms. The summed E-state index contributed by atoms with van der Waals surface area (Å²) >= 11 is 0. The molecule has 2 aliphatic rings. The zero-order valence-electron chi connectivity index (χ0n) is 12.4. The second kappa shape index (κ2) is 4.33. The molecule has 3 rings (SSSR count). The quantitative estimate of drug-likeness (QED) is 0.608. The Kier molecular flexibility index (Phi) is 2.96. The lowest BCUT2D eigenvalue weighted by molar-refractivity contribution is 0.00578. The third kappa shape index (κ3) is 1.96. The number of hydrogen-bond acceptors (Lipinski definition) is 4. The third-order valence-corrected chi connectivity index (χ3v) is 4.49. The second-order valence-corrected chi connectivity index (χ2v) is 6.40. The highest BCUT2D eigenvalue weighted by atomic mass is 16.7. The number of ether oxygens (including phenoxy) is 1. The normalized spacial score (nSPS) is 22.5. The molecular formula is C15H19BO4. The predicted octanol–water partition coefficient (Wildman–Crippen LogP) is 1.73. The third-order valence-electron chi connectivity index (χ3n) is 4.49. The van der Waals surface area contributed by atoms with Gasteiger partial charge in [-0.3, -0.25) is 4.79 Å². The summed E-state index contributed by atoms with van der Waals surface area (Å²) in [5, 5.41) is 0. The molecule has 0 amide bonds. The molecule has 0 atom stereocenters. The molecule has 1 fully saturated rings. The van der Waals surface area contributed by atoms with Crippen LogP contribution in [0, 0.1) is 0 Å². The van der Waals surface area contributed by atoms with Crippen LogP contribution in [0.4, 0.5) is 0 Å². The molecule has 2 heterocycles. The average molecular weight is 274 g/mol. The van der Waals surface area contributed by atoms with Gasteiger partial charge < -0.3 is 14.0 Å². The van der Waals surface area contributed by atoms with Crippen LogP contribution < -0.4 is 10.2 Å². The van der Waals surface area contributed by atoms with Crippen LogP contribution in [-0.4, -0.2) is 31.2 Å². The Morgan fingerprint density at radius 2 is 1.80 bits per heavy atom. The largest absolute Gasteiger partial charge is 0.494 e. The minimum absolute atomic E-state index is 0.380. The minimum Gasteiger partial charge on any atom is -0.492 e. The van der Waals surface area contributed by atoms with Crippen molar-refractivity contribution in [2.45, 2.75) is 45.3 Å². The number of rotatable bonds is 2. The van der Waals surface area contributed by atoms with Crippen molar-refractivity contribution in [3.8, 4) is 5.75 Å². The van der Waals surface area contributed by atoms with Gasteiger partial charge in [0.1, 0.15) is 5.75 Å². The van der Waals surface area contributed by atoms with Gasteiger partial charge in [0.15, 0.2) is 6.29 Å². The Labute approximate surface area is 119 Å². The molecule has 1 aromatic carbocycles. The second-order valence-electron chi connectivity index (χ2n) is 6.40. The van der Waals surface area contributed by atoms with E-state index < -0.39 is 7.12 Å². The molecule has 0 bridgehead atoms. The van der Waals surface area contributed by atoms with Gasteiger partial charge in [-0.05, 0) is 44.8 Å². The van der Waals surface area contributed by atoms with Crippen molar-refractivity contribution in [3.05, 3.63) is 23.3 Å². The number of hydrogen-bond donors (Lipinski definition) is 0. The van der Waals surface area contributed by atoms with Gasteiger partial charge in [-0.2, -0.15) is 0 Å². The first-order chi connectivity index (χ1) is 9.34. The lowest BCUT2D eigenvalue weighted by Gasteiger charge is -2.32. The van der Waals surface area contributed by atoms with Crippen molar-refractivity contribution in [2.75, 3.05) is 6.61 Å². The van der Waals surface area contributed by atoms with Crippen LogP contribution in [0.1, 0.15) is 43.6 Å². The van der Waals surface area contributed by atoms with Crippen molar-refractivity contribution in [2.24, 2.45) is 0 Å². The molecule has 0 aliphatic carbocycles. The summed E-state index contributed by atoms with van der Waals surface area (Å²) < 4.78 is 17.6. The van der Waals surface area contributed by atoms with E-state index in [9.17, 15) is 4.79 Å². The molecule has 0 aromatic heterocycles. The van der Waals surface area contributed by atoms with E-state index in [4.69, 9.17) is 14.0 Å². The molecule has 0 unspecified atom stereocenters. The summed E-state index contributed by atoms with van der Waals surface area (Å²) in [5.41, 5.74) is 1.75. The maximum atomic E-state index is 11.2. The molecule has 0 radical (unpaired) electrons. The van der Waals surface area contributed by atoms with E-state index in [2.05, 4.69) is 0 Å². The van der Waals surface area contributed by atoms with Crippen molar-refractivity contribution < 1.29 is 18.8 Å². The SMILES string of the molecule is CC1(C)OB(c2cc(C=O)c3c(c2)CCO3)OC1(C)C. The van der Waals surface area contributed by atoms with Crippen LogP contribution >= 0.6 is 0 Å². The van der Waals surface area contributed by atoms with E-state index in [1.54, 1.807) is 6.07 Å². The Bertz CT molecular complexity index is 549. The summed E-state index contributed by atoms with van der Waals surface area (Å²) in [6.45, 7) is 8.70. The molecule has 106 valence electrons. The lowest BCUT2D eigenvalue weighted by atomic mass is 9.77. The van der Waals surface area contributed by atoms with Crippen molar-refractivity contribution in [1.29, 1.82) is 0 Å². The van der Waals surface area contributed by atoms with Crippen LogP contribution in [-0.2, 0) is 15.7 Å². The Morgan fingerprint density at radius 1 is 1.15 bits per heavy atom. The number of carbonyl (C=O) groups is 1. The first-order valence-corrected chi connectivity index (χ1v) is 6.94. The topological polar surface area (TPSA) is 44.8 Å². The van der Waals surface area contributed by atoms with Gasteiger partial charge in [0, 0.05) is 6.42 Å².